The summed E-state index contributed by atoms with van der Waals surface area (Å²) in [6.45, 7) is 7.94. The Labute approximate surface area is 97.3 Å². The molecule has 15 heavy (non-hydrogen) atoms. The van der Waals surface area contributed by atoms with E-state index in [9.17, 15) is 0 Å². The maximum atomic E-state index is 4.66. The van der Waals surface area contributed by atoms with Gasteiger partial charge in [-0.15, -0.1) is 0 Å². The van der Waals surface area contributed by atoms with Gasteiger partial charge in [-0.2, -0.15) is 0 Å². The second-order valence-corrected chi connectivity index (χ2v) is 6.41. The van der Waals surface area contributed by atoms with Crippen LogP contribution >= 0.6 is 11.8 Å². The van der Waals surface area contributed by atoms with E-state index in [1.807, 2.05) is 11.8 Å². The lowest BCUT2D eigenvalue weighted by Crippen LogP contribution is -2.28. The smallest absolute Gasteiger partial charge is 0.156 e. The molecule has 0 aromatic heterocycles. The predicted octanol–water partition coefficient (Wildman–Crippen LogP) is 2.75. The zero-order chi connectivity index (χ0) is 10.8. The molecule has 0 spiro atoms. The van der Waals surface area contributed by atoms with Crippen molar-refractivity contribution in [2.24, 2.45) is 22.7 Å². The van der Waals surface area contributed by atoms with E-state index >= 15 is 0 Å². The van der Waals surface area contributed by atoms with Crippen LogP contribution in [0.2, 0.25) is 0 Å². The zero-order valence-electron chi connectivity index (χ0n) is 9.99. The summed E-state index contributed by atoms with van der Waals surface area (Å²) in [5, 5.41) is 4.73. The van der Waals surface area contributed by atoms with E-state index in [1.165, 1.54) is 23.8 Å². The van der Waals surface area contributed by atoms with Gasteiger partial charge >= 0.3 is 0 Å². The summed E-state index contributed by atoms with van der Waals surface area (Å²) in [4.78, 5) is 4.66. The van der Waals surface area contributed by atoms with Gasteiger partial charge in [0, 0.05) is 18.3 Å². The highest BCUT2D eigenvalue weighted by Crippen LogP contribution is 2.37. The monoisotopic (exact) mass is 226 g/mol. The molecule has 1 aliphatic heterocycles. The number of hydrogen-bond acceptors (Lipinski definition) is 2. The molecule has 0 aromatic carbocycles. The normalized spacial score (nSPS) is 37.3. The maximum Gasteiger partial charge on any atom is 0.156 e. The van der Waals surface area contributed by atoms with Crippen molar-refractivity contribution >= 4 is 16.9 Å². The minimum absolute atomic E-state index is 0.658. The van der Waals surface area contributed by atoms with Crippen molar-refractivity contribution in [1.29, 1.82) is 0 Å². The third-order valence-corrected chi connectivity index (χ3v) is 4.34. The summed E-state index contributed by atoms with van der Waals surface area (Å²) < 4.78 is 0. The van der Waals surface area contributed by atoms with Gasteiger partial charge in [0.05, 0.1) is 0 Å². The largest absolute Gasteiger partial charge is 0.361 e. The van der Waals surface area contributed by atoms with Gasteiger partial charge in [0.25, 0.3) is 0 Å². The number of thioether (sulfide) groups is 1. The Kier molecular flexibility index (Phi) is 3.60. The first kappa shape index (κ1) is 11.3. The fraction of sp³-hybridized carbons (Fsp3) is 0.917. The summed E-state index contributed by atoms with van der Waals surface area (Å²) in [6.07, 6.45) is 2.66. The van der Waals surface area contributed by atoms with Crippen LogP contribution in [0.15, 0.2) is 4.99 Å². The van der Waals surface area contributed by atoms with E-state index in [0.717, 1.165) is 24.3 Å². The Morgan fingerprint density at radius 3 is 2.87 bits per heavy atom. The Hall–Kier alpha value is -0.180. The van der Waals surface area contributed by atoms with Gasteiger partial charge in [-0.25, -0.2) is 0 Å². The fourth-order valence-electron chi connectivity index (χ4n) is 2.08. The zero-order valence-corrected chi connectivity index (χ0v) is 10.8. The van der Waals surface area contributed by atoms with E-state index in [2.05, 4.69) is 31.1 Å². The molecular formula is C12H22N2S. The van der Waals surface area contributed by atoms with Crippen molar-refractivity contribution in [2.75, 3.05) is 12.3 Å². The Morgan fingerprint density at radius 1 is 1.53 bits per heavy atom. The molecule has 0 bridgehead atoms. The highest BCUT2D eigenvalue weighted by atomic mass is 32.2. The first-order valence-corrected chi connectivity index (χ1v) is 7.07. The van der Waals surface area contributed by atoms with Gasteiger partial charge in [0.15, 0.2) is 5.17 Å². The Morgan fingerprint density at radius 2 is 2.27 bits per heavy atom. The predicted molar refractivity (Wildman–Crippen MR) is 68.4 cm³/mol. The molecule has 3 atom stereocenters. The molecule has 2 nitrogen and oxygen atoms in total. The summed E-state index contributed by atoms with van der Waals surface area (Å²) in [5.41, 5.74) is 0. The Bertz CT molecular complexity index is 250. The number of aliphatic imine (C=N–C) groups is 1. The van der Waals surface area contributed by atoms with Crippen LogP contribution in [-0.4, -0.2) is 23.5 Å². The lowest BCUT2D eigenvalue weighted by atomic mass is 10.1. The topological polar surface area (TPSA) is 24.4 Å². The number of nitrogens with zero attached hydrogens (tertiary/aromatic N) is 1. The number of nitrogens with one attached hydrogen (secondary N) is 1. The van der Waals surface area contributed by atoms with Crippen LogP contribution < -0.4 is 5.32 Å². The van der Waals surface area contributed by atoms with Crippen LogP contribution in [0.5, 0.6) is 0 Å². The molecule has 1 heterocycles. The average Bonchev–Trinajstić information content (AvgIpc) is 2.68. The minimum Gasteiger partial charge on any atom is -0.361 e. The molecule has 3 heteroatoms. The van der Waals surface area contributed by atoms with Gasteiger partial charge in [-0.05, 0) is 30.6 Å². The molecule has 1 N–H and O–H groups in total. The molecule has 2 rings (SSSR count). The lowest BCUT2D eigenvalue weighted by Gasteiger charge is -2.11. The minimum atomic E-state index is 0.658. The average molecular weight is 226 g/mol. The molecule has 0 amide bonds. The standard InChI is InChI=1S/C12H22N2S/c1-8(2)4-11-7-15-12(14-11)13-6-10-5-9(10)3/h8-11H,4-7H2,1-3H3,(H,13,14). The quantitative estimate of drug-likeness (QED) is 0.797. The van der Waals surface area contributed by atoms with Crippen molar-refractivity contribution in [3.05, 3.63) is 0 Å². The summed E-state index contributed by atoms with van der Waals surface area (Å²) >= 11 is 1.90. The highest BCUT2D eigenvalue weighted by molar-refractivity contribution is 8.14. The molecule has 0 radical (unpaired) electrons. The van der Waals surface area contributed by atoms with Crippen molar-refractivity contribution < 1.29 is 0 Å². The van der Waals surface area contributed by atoms with Crippen LogP contribution in [0, 0.1) is 17.8 Å². The molecule has 86 valence electrons. The highest BCUT2D eigenvalue weighted by Gasteiger charge is 2.32. The molecule has 3 unspecified atom stereocenters. The first-order valence-electron chi connectivity index (χ1n) is 6.09. The summed E-state index contributed by atoms with van der Waals surface area (Å²) in [5.74, 6) is 3.79. The van der Waals surface area contributed by atoms with E-state index in [0.29, 0.717) is 6.04 Å². The van der Waals surface area contributed by atoms with Crippen LogP contribution in [0.3, 0.4) is 0 Å². The van der Waals surface area contributed by atoms with Gasteiger partial charge in [-0.3, -0.25) is 4.99 Å². The Balaban J connectivity index is 1.71. The van der Waals surface area contributed by atoms with Crippen molar-refractivity contribution in [3.8, 4) is 0 Å². The van der Waals surface area contributed by atoms with Crippen LogP contribution in [0.1, 0.15) is 33.6 Å². The van der Waals surface area contributed by atoms with Gasteiger partial charge in [0.2, 0.25) is 0 Å². The number of hydrogen-bond donors (Lipinski definition) is 1. The van der Waals surface area contributed by atoms with E-state index in [1.54, 1.807) is 0 Å². The second kappa shape index (κ2) is 4.77. The van der Waals surface area contributed by atoms with Crippen LogP contribution in [0.25, 0.3) is 0 Å². The molecule has 1 aliphatic carbocycles. The van der Waals surface area contributed by atoms with Gasteiger partial charge in [-0.1, -0.05) is 32.5 Å². The number of amidine groups is 1. The van der Waals surface area contributed by atoms with Crippen molar-refractivity contribution in [1.82, 2.24) is 5.32 Å². The molecular weight excluding hydrogens is 204 g/mol. The van der Waals surface area contributed by atoms with Crippen LogP contribution in [0.4, 0.5) is 0 Å². The van der Waals surface area contributed by atoms with E-state index in [-0.39, 0.29) is 0 Å². The molecule has 1 saturated heterocycles. The van der Waals surface area contributed by atoms with E-state index < -0.39 is 0 Å². The molecule has 2 fully saturated rings. The SMILES string of the molecule is CC(C)CC1CSC(=NCC2CC2C)N1. The van der Waals surface area contributed by atoms with E-state index in [4.69, 9.17) is 0 Å². The van der Waals surface area contributed by atoms with Crippen molar-refractivity contribution in [3.63, 3.8) is 0 Å². The summed E-state index contributed by atoms with van der Waals surface area (Å²) in [7, 11) is 0. The lowest BCUT2D eigenvalue weighted by molar-refractivity contribution is 0.502. The molecule has 0 aromatic rings. The maximum absolute atomic E-state index is 4.66. The molecule has 2 aliphatic rings. The summed E-state index contributed by atoms with van der Waals surface area (Å²) in [6, 6.07) is 0.658. The second-order valence-electron chi connectivity index (χ2n) is 5.40. The first-order chi connectivity index (χ1) is 7.15. The van der Waals surface area contributed by atoms with Crippen molar-refractivity contribution in [2.45, 2.75) is 39.7 Å². The number of rotatable bonds is 4. The van der Waals surface area contributed by atoms with Gasteiger partial charge in [0.1, 0.15) is 0 Å². The molecule has 1 saturated carbocycles. The van der Waals surface area contributed by atoms with Crippen LogP contribution in [-0.2, 0) is 0 Å². The third kappa shape index (κ3) is 3.40. The fourth-order valence-corrected chi connectivity index (χ4v) is 3.07. The van der Waals surface area contributed by atoms with Gasteiger partial charge < -0.3 is 5.32 Å². The third-order valence-electron chi connectivity index (χ3n) is 3.25.